The van der Waals surface area contributed by atoms with E-state index in [1.54, 1.807) is 0 Å². The lowest BCUT2D eigenvalue weighted by atomic mass is 10.2. The first kappa shape index (κ1) is 16.1. The van der Waals surface area contributed by atoms with Gasteiger partial charge in [0.2, 0.25) is 0 Å². The van der Waals surface area contributed by atoms with E-state index in [0.717, 1.165) is 18.1 Å². The molecule has 1 aromatic carbocycles. The summed E-state index contributed by atoms with van der Waals surface area (Å²) in [5.41, 5.74) is 6.37. The Bertz CT molecular complexity index is 614. The number of aryl methyl sites for hydroxylation is 2. The highest BCUT2D eigenvalue weighted by Crippen LogP contribution is 2.25. The van der Waals surface area contributed by atoms with Crippen molar-refractivity contribution in [3.8, 4) is 5.69 Å². The van der Waals surface area contributed by atoms with Gasteiger partial charge in [0.15, 0.2) is 0 Å². The highest BCUT2D eigenvalue weighted by Gasteiger charge is 2.12. The first-order valence-electron chi connectivity index (χ1n) is 7.69. The van der Waals surface area contributed by atoms with Gasteiger partial charge >= 0.3 is 0 Å². The van der Waals surface area contributed by atoms with Crippen LogP contribution in [0.4, 0.5) is 0 Å². The molecule has 0 aliphatic heterocycles. The molecule has 0 unspecified atom stereocenters. The highest BCUT2D eigenvalue weighted by molar-refractivity contribution is 6.30. The van der Waals surface area contributed by atoms with Crippen molar-refractivity contribution in [2.45, 2.75) is 47.1 Å². The standard InChI is InChI=1S/C18H25ClN2/c1-5-6-9-20-12-16-11-14(3)21(15(16)4)18-8-7-17(19)10-13(18)2/h7-8,10-11,20H,5-6,9,12H2,1-4H3. The fourth-order valence-corrected chi connectivity index (χ4v) is 3.00. The van der Waals surface area contributed by atoms with Crippen LogP contribution in [0.25, 0.3) is 5.69 Å². The smallest absolute Gasteiger partial charge is 0.0485 e. The Morgan fingerprint density at radius 3 is 2.57 bits per heavy atom. The molecular formula is C18H25ClN2. The van der Waals surface area contributed by atoms with Crippen LogP contribution in [-0.2, 0) is 6.54 Å². The SMILES string of the molecule is CCCCNCc1cc(C)n(-c2ccc(Cl)cc2C)c1C. The van der Waals surface area contributed by atoms with E-state index >= 15 is 0 Å². The summed E-state index contributed by atoms with van der Waals surface area (Å²) in [5.74, 6) is 0. The Morgan fingerprint density at radius 2 is 1.90 bits per heavy atom. The summed E-state index contributed by atoms with van der Waals surface area (Å²) < 4.78 is 2.32. The number of benzene rings is 1. The lowest BCUT2D eigenvalue weighted by Gasteiger charge is -2.13. The molecule has 0 atom stereocenters. The monoisotopic (exact) mass is 304 g/mol. The number of halogens is 1. The summed E-state index contributed by atoms with van der Waals surface area (Å²) in [6.07, 6.45) is 2.46. The van der Waals surface area contributed by atoms with Gasteiger partial charge in [0.05, 0.1) is 0 Å². The first-order valence-corrected chi connectivity index (χ1v) is 8.07. The van der Waals surface area contributed by atoms with Crippen LogP contribution in [0, 0.1) is 20.8 Å². The van der Waals surface area contributed by atoms with E-state index in [1.807, 2.05) is 12.1 Å². The second-order valence-electron chi connectivity index (χ2n) is 5.69. The van der Waals surface area contributed by atoms with Crippen molar-refractivity contribution in [1.82, 2.24) is 9.88 Å². The van der Waals surface area contributed by atoms with E-state index in [1.165, 1.54) is 41.0 Å². The molecule has 0 spiro atoms. The summed E-state index contributed by atoms with van der Waals surface area (Å²) in [7, 11) is 0. The van der Waals surface area contributed by atoms with Crippen LogP contribution < -0.4 is 5.32 Å². The molecule has 0 saturated carbocycles. The number of nitrogens with one attached hydrogen (secondary N) is 1. The molecule has 114 valence electrons. The Kier molecular flexibility index (Phi) is 5.49. The van der Waals surface area contributed by atoms with Crippen molar-refractivity contribution in [2.24, 2.45) is 0 Å². The summed E-state index contributed by atoms with van der Waals surface area (Å²) in [4.78, 5) is 0. The zero-order valence-electron chi connectivity index (χ0n) is 13.5. The third-order valence-electron chi connectivity index (χ3n) is 3.96. The number of aromatic nitrogens is 1. The Morgan fingerprint density at radius 1 is 1.14 bits per heavy atom. The van der Waals surface area contributed by atoms with Gasteiger partial charge < -0.3 is 9.88 Å². The summed E-state index contributed by atoms with van der Waals surface area (Å²) in [5, 5.41) is 4.32. The van der Waals surface area contributed by atoms with Crippen molar-refractivity contribution in [3.05, 3.63) is 51.8 Å². The van der Waals surface area contributed by atoms with Crippen LogP contribution >= 0.6 is 11.6 Å². The summed E-state index contributed by atoms with van der Waals surface area (Å²) >= 11 is 6.07. The maximum Gasteiger partial charge on any atom is 0.0485 e. The number of hydrogen-bond donors (Lipinski definition) is 1. The van der Waals surface area contributed by atoms with Gasteiger partial charge in [-0.3, -0.25) is 0 Å². The average molecular weight is 305 g/mol. The number of unbranched alkanes of at least 4 members (excludes halogenated alkanes) is 1. The molecule has 0 bridgehead atoms. The molecule has 0 aliphatic rings. The molecule has 21 heavy (non-hydrogen) atoms. The van der Waals surface area contributed by atoms with Crippen molar-refractivity contribution in [3.63, 3.8) is 0 Å². The summed E-state index contributed by atoms with van der Waals surface area (Å²) in [6, 6.07) is 8.37. The molecule has 0 fully saturated rings. The van der Waals surface area contributed by atoms with E-state index in [-0.39, 0.29) is 0 Å². The maximum absolute atomic E-state index is 6.07. The second-order valence-corrected chi connectivity index (χ2v) is 6.13. The van der Waals surface area contributed by atoms with Crippen LogP contribution in [0.5, 0.6) is 0 Å². The van der Waals surface area contributed by atoms with Crippen LogP contribution in [0.3, 0.4) is 0 Å². The molecule has 2 rings (SSSR count). The molecule has 3 heteroatoms. The Labute approximate surface area is 133 Å². The van der Waals surface area contributed by atoms with Crippen molar-refractivity contribution in [1.29, 1.82) is 0 Å². The van der Waals surface area contributed by atoms with Gasteiger partial charge in [-0.25, -0.2) is 0 Å². The Balaban J connectivity index is 2.26. The largest absolute Gasteiger partial charge is 0.318 e. The maximum atomic E-state index is 6.07. The van der Waals surface area contributed by atoms with Gasteiger partial charge in [-0.1, -0.05) is 24.9 Å². The molecule has 0 aliphatic carbocycles. The van der Waals surface area contributed by atoms with E-state index < -0.39 is 0 Å². The van der Waals surface area contributed by atoms with Crippen LogP contribution in [0.2, 0.25) is 5.02 Å². The zero-order chi connectivity index (χ0) is 15.4. The molecule has 0 amide bonds. The normalized spacial score (nSPS) is 11.1. The number of hydrogen-bond acceptors (Lipinski definition) is 1. The quantitative estimate of drug-likeness (QED) is 0.748. The molecule has 0 radical (unpaired) electrons. The van der Waals surface area contributed by atoms with Gasteiger partial charge in [0, 0.05) is 28.6 Å². The topological polar surface area (TPSA) is 17.0 Å². The van der Waals surface area contributed by atoms with Gasteiger partial charge in [0.1, 0.15) is 0 Å². The minimum atomic E-state index is 0.792. The molecule has 2 nitrogen and oxygen atoms in total. The molecule has 1 N–H and O–H groups in total. The van der Waals surface area contributed by atoms with E-state index in [4.69, 9.17) is 11.6 Å². The molecule has 0 saturated heterocycles. The van der Waals surface area contributed by atoms with E-state index in [0.29, 0.717) is 0 Å². The van der Waals surface area contributed by atoms with Gasteiger partial charge in [-0.05, 0) is 69.1 Å². The van der Waals surface area contributed by atoms with Gasteiger partial charge in [0.25, 0.3) is 0 Å². The highest BCUT2D eigenvalue weighted by atomic mass is 35.5. The minimum absolute atomic E-state index is 0.792. The first-order chi connectivity index (χ1) is 10.0. The Hall–Kier alpha value is -1.25. The van der Waals surface area contributed by atoms with Crippen molar-refractivity contribution in [2.75, 3.05) is 6.54 Å². The van der Waals surface area contributed by atoms with Crippen LogP contribution in [0.1, 0.15) is 42.3 Å². The zero-order valence-corrected chi connectivity index (χ0v) is 14.2. The average Bonchev–Trinajstić information content (AvgIpc) is 2.71. The lowest BCUT2D eigenvalue weighted by Crippen LogP contribution is -2.15. The van der Waals surface area contributed by atoms with Crippen LogP contribution in [0.15, 0.2) is 24.3 Å². The van der Waals surface area contributed by atoms with Crippen LogP contribution in [-0.4, -0.2) is 11.1 Å². The lowest BCUT2D eigenvalue weighted by molar-refractivity contribution is 0.639. The van der Waals surface area contributed by atoms with E-state index in [2.05, 4.69) is 49.7 Å². The number of rotatable bonds is 6. The second kappa shape index (κ2) is 7.15. The fraction of sp³-hybridized carbons (Fsp3) is 0.444. The molecule has 2 aromatic rings. The number of nitrogens with zero attached hydrogens (tertiary/aromatic N) is 1. The van der Waals surface area contributed by atoms with Crippen molar-refractivity contribution >= 4 is 11.6 Å². The summed E-state index contributed by atoms with van der Waals surface area (Å²) in [6.45, 7) is 10.7. The van der Waals surface area contributed by atoms with Gasteiger partial charge in [-0.15, -0.1) is 0 Å². The third kappa shape index (κ3) is 3.69. The van der Waals surface area contributed by atoms with Gasteiger partial charge in [-0.2, -0.15) is 0 Å². The fourth-order valence-electron chi connectivity index (χ4n) is 2.77. The van der Waals surface area contributed by atoms with Crippen molar-refractivity contribution < 1.29 is 0 Å². The molecule has 1 aromatic heterocycles. The molecule has 1 heterocycles. The third-order valence-corrected chi connectivity index (χ3v) is 4.19. The predicted octanol–water partition coefficient (Wildman–Crippen LogP) is 4.95. The predicted molar refractivity (Wildman–Crippen MR) is 91.6 cm³/mol. The minimum Gasteiger partial charge on any atom is -0.318 e. The molecular weight excluding hydrogens is 280 g/mol. The van der Waals surface area contributed by atoms with E-state index in [9.17, 15) is 0 Å².